The van der Waals surface area contributed by atoms with Crippen LogP contribution < -0.4 is 0 Å². The summed E-state index contributed by atoms with van der Waals surface area (Å²) in [7, 11) is 0. The second-order valence-electron chi connectivity index (χ2n) is 5.22. The van der Waals surface area contributed by atoms with Crippen molar-refractivity contribution in [2.24, 2.45) is 5.41 Å². The molecule has 1 aromatic carbocycles. The molecule has 2 rings (SSSR count). The van der Waals surface area contributed by atoms with Crippen molar-refractivity contribution in [2.75, 3.05) is 0 Å². The Balaban J connectivity index is 2.55. The number of rotatable bonds is 1. The van der Waals surface area contributed by atoms with Crippen molar-refractivity contribution in [3.8, 4) is 0 Å². The fourth-order valence-electron chi connectivity index (χ4n) is 2.65. The van der Waals surface area contributed by atoms with E-state index >= 15 is 0 Å². The third-order valence-corrected chi connectivity index (χ3v) is 4.16. The van der Waals surface area contributed by atoms with Crippen molar-refractivity contribution < 1.29 is 9.50 Å². The molecule has 16 heavy (non-hydrogen) atoms. The molecule has 88 valence electrons. The van der Waals surface area contributed by atoms with Crippen molar-refractivity contribution in [2.45, 2.75) is 38.7 Å². The highest BCUT2D eigenvalue weighted by molar-refractivity contribution is 6.31. The lowest BCUT2D eigenvalue weighted by Crippen LogP contribution is -2.37. The number of hydrogen-bond acceptors (Lipinski definition) is 1. The number of aliphatic hydroxyl groups is 1. The van der Waals surface area contributed by atoms with Crippen molar-refractivity contribution in [3.63, 3.8) is 0 Å². The minimum atomic E-state index is -1.01. The van der Waals surface area contributed by atoms with Crippen LogP contribution >= 0.6 is 11.6 Å². The topological polar surface area (TPSA) is 20.2 Å². The third-order valence-electron chi connectivity index (χ3n) is 3.83. The first-order valence-electron chi connectivity index (χ1n) is 5.55. The van der Waals surface area contributed by atoms with E-state index in [9.17, 15) is 9.50 Å². The number of hydrogen-bond donors (Lipinski definition) is 1. The summed E-state index contributed by atoms with van der Waals surface area (Å²) in [5.74, 6) is -0.351. The molecule has 0 saturated heterocycles. The standard InChI is InChI=1S/C13H16ClFO/c1-12(2)6-3-7-13(12,16)10-8-9(15)4-5-11(10)14/h4-5,8,16H,3,6-7H2,1-2H3. The summed E-state index contributed by atoms with van der Waals surface area (Å²) in [6.45, 7) is 4.00. The summed E-state index contributed by atoms with van der Waals surface area (Å²) in [6.07, 6.45) is 2.51. The van der Waals surface area contributed by atoms with Crippen molar-refractivity contribution in [1.29, 1.82) is 0 Å². The minimum Gasteiger partial charge on any atom is -0.385 e. The van der Waals surface area contributed by atoms with E-state index in [-0.39, 0.29) is 11.2 Å². The zero-order valence-corrected chi connectivity index (χ0v) is 10.3. The molecule has 1 aliphatic carbocycles. The lowest BCUT2D eigenvalue weighted by Gasteiger charge is -2.37. The number of benzene rings is 1. The van der Waals surface area contributed by atoms with E-state index < -0.39 is 5.60 Å². The summed E-state index contributed by atoms with van der Waals surface area (Å²) < 4.78 is 13.3. The highest BCUT2D eigenvalue weighted by atomic mass is 35.5. The SMILES string of the molecule is CC1(C)CCCC1(O)c1cc(F)ccc1Cl. The van der Waals surface area contributed by atoms with Crippen LogP contribution in [0.1, 0.15) is 38.7 Å². The van der Waals surface area contributed by atoms with Gasteiger partial charge in [0.1, 0.15) is 5.82 Å². The Labute approximate surface area is 100 Å². The summed E-state index contributed by atoms with van der Waals surface area (Å²) in [6, 6.07) is 4.19. The molecule has 1 fully saturated rings. The van der Waals surface area contributed by atoms with Gasteiger partial charge in [-0.25, -0.2) is 4.39 Å². The van der Waals surface area contributed by atoms with Gasteiger partial charge in [-0.1, -0.05) is 25.4 Å². The molecule has 1 saturated carbocycles. The van der Waals surface area contributed by atoms with Crippen LogP contribution in [0.5, 0.6) is 0 Å². The molecule has 0 spiro atoms. The molecule has 1 unspecified atom stereocenters. The van der Waals surface area contributed by atoms with Crippen molar-refractivity contribution >= 4 is 11.6 Å². The molecule has 1 atom stereocenters. The minimum absolute atomic E-state index is 0.259. The van der Waals surface area contributed by atoms with Gasteiger partial charge in [0, 0.05) is 10.6 Å². The normalized spacial score (nSPS) is 28.3. The quantitative estimate of drug-likeness (QED) is 0.793. The van der Waals surface area contributed by atoms with Gasteiger partial charge in [0.2, 0.25) is 0 Å². The molecule has 1 N–H and O–H groups in total. The van der Waals surface area contributed by atoms with Crippen LogP contribution in [0.25, 0.3) is 0 Å². The van der Waals surface area contributed by atoms with E-state index in [1.807, 2.05) is 13.8 Å². The van der Waals surface area contributed by atoms with Gasteiger partial charge in [-0.15, -0.1) is 0 Å². The first-order chi connectivity index (χ1) is 7.37. The first kappa shape index (κ1) is 11.9. The van der Waals surface area contributed by atoms with Gasteiger partial charge < -0.3 is 5.11 Å². The average Bonchev–Trinajstić information content (AvgIpc) is 2.46. The zero-order valence-electron chi connectivity index (χ0n) is 9.56. The zero-order chi connectivity index (χ0) is 12.0. The maximum absolute atomic E-state index is 13.3. The van der Waals surface area contributed by atoms with Crippen LogP contribution in [0.3, 0.4) is 0 Å². The highest BCUT2D eigenvalue weighted by Gasteiger charge is 2.49. The summed E-state index contributed by atoms with van der Waals surface area (Å²) in [5.41, 5.74) is -0.743. The largest absolute Gasteiger partial charge is 0.385 e. The Morgan fingerprint density at radius 1 is 1.31 bits per heavy atom. The van der Waals surface area contributed by atoms with E-state index in [2.05, 4.69) is 0 Å². The summed E-state index contributed by atoms with van der Waals surface area (Å²) in [4.78, 5) is 0. The monoisotopic (exact) mass is 242 g/mol. The predicted molar refractivity (Wildman–Crippen MR) is 62.9 cm³/mol. The Morgan fingerprint density at radius 2 is 2.00 bits per heavy atom. The van der Waals surface area contributed by atoms with E-state index in [1.165, 1.54) is 18.2 Å². The molecule has 3 heteroatoms. The summed E-state index contributed by atoms with van der Waals surface area (Å²) >= 11 is 6.07. The molecule has 0 aromatic heterocycles. The lowest BCUT2D eigenvalue weighted by molar-refractivity contribution is -0.0486. The molecule has 1 nitrogen and oxygen atoms in total. The Kier molecular flexibility index (Phi) is 2.75. The molecular weight excluding hydrogens is 227 g/mol. The molecule has 0 heterocycles. The first-order valence-corrected chi connectivity index (χ1v) is 5.92. The maximum atomic E-state index is 13.3. The van der Waals surface area contributed by atoms with Crippen molar-refractivity contribution in [1.82, 2.24) is 0 Å². The molecule has 0 radical (unpaired) electrons. The fraction of sp³-hybridized carbons (Fsp3) is 0.538. The van der Waals surface area contributed by atoms with Crippen LogP contribution in [-0.4, -0.2) is 5.11 Å². The second kappa shape index (κ2) is 3.71. The molecule has 0 aliphatic heterocycles. The third kappa shape index (κ3) is 1.64. The maximum Gasteiger partial charge on any atom is 0.123 e. The molecule has 1 aromatic rings. The predicted octanol–water partition coefficient (Wildman–Crippen LogP) is 3.88. The van der Waals surface area contributed by atoms with Crippen LogP contribution in [0.2, 0.25) is 5.02 Å². The average molecular weight is 243 g/mol. The Hall–Kier alpha value is -0.600. The lowest BCUT2D eigenvalue weighted by atomic mass is 9.73. The molecular formula is C13H16ClFO. The van der Waals surface area contributed by atoms with Crippen LogP contribution in [0, 0.1) is 11.2 Å². The fourth-order valence-corrected chi connectivity index (χ4v) is 2.92. The summed E-state index contributed by atoms with van der Waals surface area (Å²) in [5, 5.41) is 11.2. The van der Waals surface area contributed by atoms with Gasteiger partial charge in [0.15, 0.2) is 0 Å². The van der Waals surface area contributed by atoms with Crippen LogP contribution in [0.15, 0.2) is 18.2 Å². The van der Waals surface area contributed by atoms with Gasteiger partial charge in [0.05, 0.1) is 5.60 Å². The second-order valence-corrected chi connectivity index (χ2v) is 5.63. The van der Waals surface area contributed by atoms with Gasteiger partial charge in [-0.05, 0) is 42.9 Å². The van der Waals surface area contributed by atoms with Gasteiger partial charge in [-0.2, -0.15) is 0 Å². The molecule has 0 amide bonds. The molecule has 0 bridgehead atoms. The van der Waals surface area contributed by atoms with E-state index in [0.29, 0.717) is 17.0 Å². The van der Waals surface area contributed by atoms with E-state index in [4.69, 9.17) is 11.6 Å². The van der Waals surface area contributed by atoms with E-state index in [1.54, 1.807) is 0 Å². The van der Waals surface area contributed by atoms with Crippen LogP contribution in [0.4, 0.5) is 4.39 Å². The number of halogens is 2. The van der Waals surface area contributed by atoms with Gasteiger partial charge in [0.25, 0.3) is 0 Å². The van der Waals surface area contributed by atoms with Crippen molar-refractivity contribution in [3.05, 3.63) is 34.6 Å². The highest BCUT2D eigenvalue weighted by Crippen LogP contribution is 2.53. The smallest absolute Gasteiger partial charge is 0.123 e. The van der Waals surface area contributed by atoms with Crippen LogP contribution in [-0.2, 0) is 5.60 Å². The Morgan fingerprint density at radius 3 is 2.56 bits per heavy atom. The van der Waals surface area contributed by atoms with Gasteiger partial charge >= 0.3 is 0 Å². The van der Waals surface area contributed by atoms with Gasteiger partial charge in [-0.3, -0.25) is 0 Å². The molecule has 1 aliphatic rings. The van der Waals surface area contributed by atoms with E-state index in [0.717, 1.165) is 12.8 Å². The Bertz CT molecular complexity index is 416.